The molecule has 0 radical (unpaired) electrons. The van der Waals surface area contributed by atoms with Crippen molar-refractivity contribution in [3.63, 3.8) is 0 Å². The number of aromatic nitrogens is 1. The van der Waals surface area contributed by atoms with Crippen LogP contribution in [0.25, 0.3) is 10.9 Å². The number of hydrogen-bond donors (Lipinski definition) is 2. The summed E-state index contributed by atoms with van der Waals surface area (Å²) in [7, 11) is 1.74. The minimum atomic E-state index is 0.144. The van der Waals surface area contributed by atoms with E-state index in [1.165, 1.54) is 48.1 Å². The third-order valence-corrected chi connectivity index (χ3v) is 5.59. The van der Waals surface area contributed by atoms with Crippen LogP contribution in [0.3, 0.4) is 0 Å². The fourth-order valence-corrected chi connectivity index (χ4v) is 4.21. The molecule has 0 unspecified atom stereocenters. The third-order valence-electron chi connectivity index (χ3n) is 5.59. The van der Waals surface area contributed by atoms with Gasteiger partial charge in [-0.15, -0.1) is 0 Å². The van der Waals surface area contributed by atoms with Gasteiger partial charge in [0.1, 0.15) is 5.75 Å². The quantitative estimate of drug-likeness (QED) is 0.895. The smallest absolute Gasteiger partial charge is 0.119 e. The maximum atomic E-state index is 5.41. The first kappa shape index (κ1) is 14.1. The Kier molecular flexibility index (Phi) is 3.39. The highest BCUT2D eigenvalue weighted by atomic mass is 16.5. The Labute approximate surface area is 131 Å². The molecule has 4 heteroatoms. The Balaban J connectivity index is 1.78. The van der Waals surface area contributed by atoms with E-state index >= 15 is 0 Å². The van der Waals surface area contributed by atoms with Crippen LogP contribution < -0.4 is 10.1 Å². The molecule has 1 spiro atoms. The average Bonchev–Trinajstić information content (AvgIpc) is 2.95. The molecule has 1 saturated heterocycles. The summed E-state index contributed by atoms with van der Waals surface area (Å²) in [6.45, 7) is 6.85. The number of likely N-dealkylation sites (tertiary alicyclic amines) is 1. The van der Waals surface area contributed by atoms with E-state index in [-0.39, 0.29) is 5.54 Å². The molecule has 0 saturated carbocycles. The Morgan fingerprint density at radius 3 is 2.82 bits per heavy atom. The van der Waals surface area contributed by atoms with Gasteiger partial charge in [0.05, 0.1) is 12.6 Å². The topological polar surface area (TPSA) is 40.3 Å². The lowest BCUT2D eigenvalue weighted by Gasteiger charge is -2.44. The highest BCUT2D eigenvalue weighted by Gasteiger charge is 2.40. The lowest BCUT2D eigenvalue weighted by atomic mass is 9.79. The maximum Gasteiger partial charge on any atom is 0.119 e. The van der Waals surface area contributed by atoms with E-state index in [2.05, 4.69) is 34.3 Å². The zero-order chi connectivity index (χ0) is 15.2. The van der Waals surface area contributed by atoms with Crippen LogP contribution in [0.2, 0.25) is 0 Å². The van der Waals surface area contributed by atoms with Gasteiger partial charge in [0.15, 0.2) is 0 Å². The number of fused-ring (bicyclic) bond motifs is 4. The van der Waals surface area contributed by atoms with Crippen LogP contribution in [0.15, 0.2) is 18.2 Å². The molecule has 2 aliphatic heterocycles. The largest absolute Gasteiger partial charge is 0.497 e. The van der Waals surface area contributed by atoms with E-state index in [9.17, 15) is 0 Å². The van der Waals surface area contributed by atoms with Crippen molar-refractivity contribution in [1.82, 2.24) is 15.2 Å². The first-order valence-corrected chi connectivity index (χ1v) is 8.42. The minimum Gasteiger partial charge on any atom is -0.497 e. The second-order valence-corrected chi connectivity index (χ2v) is 6.58. The van der Waals surface area contributed by atoms with E-state index in [0.717, 1.165) is 25.3 Å². The number of hydrogen-bond acceptors (Lipinski definition) is 3. The number of piperidine rings is 1. The average molecular weight is 299 g/mol. The molecule has 0 amide bonds. The second kappa shape index (κ2) is 5.28. The van der Waals surface area contributed by atoms with Crippen molar-refractivity contribution in [3.05, 3.63) is 29.5 Å². The molecule has 3 heterocycles. The Morgan fingerprint density at radius 2 is 2.09 bits per heavy atom. The minimum absolute atomic E-state index is 0.144. The van der Waals surface area contributed by atoms with Crippen LogP contribution in [0.4, 0.5) is 0 Å². The number of nitrogens with zero attached hydrogens (tertiary/aromatic N) is 1. The number of ether oxygens (including phenoxy) is 1. The lowest BCUT2D eigenvalue weighted by Crippen LogP contribution is -2.54. The number of methoxy groups -OCH3 is 1. The summed E-state index contributed by atoms with van der Waals surface area (Å²) in [5, 5.41) is 5.18. The van der Waals surface area contributed by atoms with Crippen molar-refractivity contribution in [1.29, 1.82) is 0 Å². The molecular weight excluding hydrogens is 274 g/mol. The van der Waals surface area contributed by atoms with Crippen LogP contribution >= 0.6 is 0 Å². The molecule has 2 N–H and O–H groups in total. The fraction of sp³-hybridized carbons (Fsp3) is 0.556. The predicted molar refractivity (Wildman–Crippen MR) is 89.6 cm³/mol. The van der Waals surface area contributed by atoms with Crippen molar-refractivity contribution in [3.8, 4) is 5.75 Å². The number of rotatable bonds is 2. The molecule has 0 bridgehead atoms. The van der Waals surface area contributed by atoms with E-state index in [4.69, 9.17) is 4.74 Å². The van der Waals surface area contributed by atoms with Crippen LogP contribution in [-0.4, -0.2) is 43.2 Å². The van der Waals surface area contributed by atoms with Gasteiger partial charge in [-0.25, -0.2) is 0 Å². The first-order valence-electron chi connectivity index (χ1n) is 8.42. The third kappa shape index (κ3) is 2.05. The summed E-state index contributed by atoms with van der Waals surface area (Å²) in [6, 6.07) is 6.39. The highest BCUT2D eigenvalue weighted by Crippen LogP contribution is 2.40. The van der Waals surface area contributed by atoms with E-state index < -0.39 is 0 Å². The number of nitrogens with one attached hydrogen (secondary N) is 2. The van der Waals surface area contributed by atoms with Gasteiger partial charge in [-0.2, -0.15) is 0 Å². The van der Waals surface area contributed by atoms with Gasteiger partial charge in [-0.1, -0.05) is 6.92 Å². The van der Waals surface area contributed by atoms with Gasteiger partial charge >= 0.3 is 0 Å². The molecule has 1 aromatic carbocycles. The molecule has 1 aromatic heterocycles. The van der Waals surface area contributed by atoms with Gasteiger partial charge in [0.2, 0.25) is 0 Å². The second-order valence-electron chi connectivity index (χ2n) is 6.58. The summed E-state index contributed by atoms with van der Waals surface area (Å²) in [5.41, 5.74) is 4.31. The molecule has 0 aliphatic carbocycles. The van der Waals surface area contributed by atoms with Gasteiger partial charge in [0, 0.05) is 36.2 Å². The van der Waals surface area contributed by atoms with E-state index in [1.54, 1.807) is 7.11 Å². The molecule has 0 atom stereocenters. The fourth-order valence-electron chi connectivity index (χ4n) is 4.21. The van der Waals surface area contributed by atoms with E-state index in [0.29, 0.717) is 0 Å². The molecule has 2 aliphatic rings. The zero-order valence-electron chi connectivity index (χ0n) is 13.5. The summed E-state index contributed by atoms with van der Waals surface area (Å²) in [5.74, 6) is 0.947. The van der Waals surface area contributed by atoms with Crippen LogP contribution in [-0.2, 0) is 12.0 Å². The standard InChI is InChI=1S/C18H25N3O/c1-3-21-10-7-18(8-11-21)17-14(6-9-19-18)15-12-13(22-2)4-5-16(15)20-17/h4-5,12,19-20H,3,6-11H2,1-2H3. The van der Waals surface area contributed by atoms with Gasteiger partial charge < -0.3 is 19.9 Å². The molecule has 4 nitrogen and oxygen atoms in total. The van der Waals surface area contributed by atoms with E-state index in [1.807, 2.05) is 6.07 Å². The van der Waals surface area contributed by atoms with Crippen LogP contribution in [0.1, 0.15) is 31.0 Å². The maximum absolute atomic E-state index is 5.41. The molecule has 1 fully saturated rings. The van der Waals surface area contributed by atoms with Crippen molar-refractivity contribution < 1.29 is 4.74 Å². The number of aromatic amines is 1. The predicted octanol–water partition coefficient (Wildman–Crippen LogP) is 2.63. The summed E-state index contributed by atoms with van der Waals surface area (Å²) < 4.78 is 5.41. The van der Waals surface area contributed by atoms with Crippen molar-refractivity contribution in [2.75, 3.05) is 33.3 Å². The molecule has 118 valence electrons. The summed E-state index contributed by atoms with van der Waals surface area (Å²) >= 11 is 0. The van der Waals surface area contributed by atoms with Crippen molar-refractivity contribution in [2.24, 2.45) is 0 Å². The van der Waals surface area contributed by atoms with Crippen LogP contribution in [0.5, 0.6) is 5.75 Å². The highest BCUT2D eigenvalue weighted by molar-refractivity contribution is 5.86. The normalized spacial score (nSPS) is 21.2. The lowest BCUT2D eigenvalue weighted by molar-refractivity contribution is 0.131. The van der Waals surface area contributed by atoms with Gasteiger partial charge in [0.25, 0.3) is 0 Å². The summed E-state index contributed by atoms with van der Waals surface area (Å²) in [6.07, 6.45) is 3.48. The summed E-state index contributed by atoms with van der Waals surface area (Å²) in [4.78, 5) is 6.27. The molecular formula is C18H25N3O. The van der Waals surface area contributed by atoms with Crippen LogP contribution in [0, 0.1) is 0 Å². The molecule has 2 aromatic rings. The first-order chi connectivity index (χ1) is 10.8. The van der Waals surface area contributed by atoms with Gasteiger partial charge in [-0.3, -0.25) is 0 Å². The zero-order valence-corrected chi connectivity index (χ0v) is 13.5. The molecule has 22 heavy (non-hydrogen) atoms. The number of H-pyrrole nitrogens is 1. The Bertz CT molecular complexity index is 683. The number of benzene rings is 1. The molecule has 4 rings (SSSR count). The van der Waals surface area contributed by atoms with Gasteiger partial charge in [-0.05, 0) is 49.6 Å². The van der Waals surface area contributed by atoms with Crippen molar-refractivity contribution in [2.45, 2.75) is 31.7 Å². The monoisotopic (exact) mass is 299 g/mol. The Morgan fingerprint density at radius 1 is 1.27 bits per heavy atom. The SMILES string of the molecule is CCN1CCC2(CC1)NCCc1c2[nH]c2ccc(OC)cc12. The Hall–Kier alpha value is -1.52. The van der Waals surface area contributed by atoms with Crippen molar-refractivity contribution >= 4 is 10.9 Å².